The zero-order valence-corrected chi connectivity index (χ0v) is 16.4. The standard InChI is InChI=1S/C30H18/c1-3-9-22-19(7-1)13-14-21-17-28-24-11-5-6-12-25(24)30-23-10-4-2-8-20(23)15-16-26(30)29(28)18-27(21)22/h1-18H. The van der Waals surface area contributed by atoms with Gasteiger partial charge in [0.2, 0.25) is 0 Å². The van der Waals surface area contributed by atoms with Crippen LogP contribution in [0.2, 0.25) is 0 Å². The van der Waals surface area contributed by atoms with Crippen molar-refractivity contribution in [3.8, 4) is 0 Å². The molecule has 0 aliphatic rings. The maximum absolute atomic E-state index is 2.41. The number of hydrogen-bond donors (Lipinski definition) is 0. The van der Waals surface area contributed by atoms with Gasteiger partial charge in [-0.1, -0.05) is 97.1 Å². The number of benzene rings is 7. The van der Waals surface area contributed by atoms with E-state index in [0.717, 1.165) is 0 Å². The van der Waals surface area contributed by atoms with Gasteiger partial charge in [0.15, 0.2) is 0 Å². The predicted molar refractivity (Wildman–Crippen MR) is 131 cm³/mol. The van der Waals surface area contributed by atoms with Crippen LogP contribution in [-0.2, 0) is 0 Å². The molecular formula is C30H18. The maximum Gasteiger partial charge on any atom is -0.00204 e. The molecule has 0 heteroatoms. The van der Waals surface area contributed by atoms with Crippen LogP contribution in [0.1, 0.15) is 0 Å². The van der Waals surface area contributed by atoms with Crippen LogP contribution in [0, 0.1) is 0 Å². The molecule has 0 nitrogen and oxygen atoms in total. The molecule has 30 heavy (non-hydrogen) atoms. The summed E-state index contributed by atoms with van der Waals surface area (Å²) in [6.07, 6.45) is 0. The van der Waals surface area contributed by atoms with Crippen molar-refractivity contribution in [1.82, 2.24) is 0 Å². The van der Waals surface area contributed by atoms with E-state index in [1.54, 1.807) is 0 Å². The van der Waals surface area contributed by atoms with E-state index in [0.29, 0.717) is 0 Å². The largest absolute Gasteiger partial charge is 0.0616 e. The molecular weight excluding hydrogens is 360 g/mol. The third kappa shape index (κ3) is 2.06. The minimum absolute atomic E-state index is 1.29. The van der Waals surface area contributed by atoms with Crippen LogP contribution in [0.3, 0.4) is 0 Å². The molecule has 0 atom stereocenters. The molecule has 0 N–H and O–H groups in total. The average Bonchev–Trinajstić information content (AvgIpc) is 2.82. The number of fused-ring (bicyclic) bond motifs is 11. The van der Waals surface area contributed by atoms with Crippen molar-refractivity contribution >= 4 is 64.6 Å². The van der Waals surface area contributed by atoms with Crippen LogP contribution in [0.5, 0.6) is 0 Å². The molecule has 138 valence electrons. The Morgan fingerprint density at radius 1 is 0.267 bits per heavy atom. The fraction of sp³-hybridized carbons (Fsp3) is 0. The smallest absolute Gasteiger partial charge is 0.00204 e. The Morgan fingerprint density at radius 2 is 0.800 bits per heavy atom. The molecule has 0 aromatic heterocycles. The van der Waals surface area contributed by atoms with Gasteiger partial charge in [-0.25, -0.2) is 0 Å². The summed E-state index contributed by atoms with van der Waals surface area (Å²) in [5.74, 6) is 0. The molecule has 0 heterocycles. The Bertz CT molecular complexity index is 1790. The van der Waals surface area contributed by atoms with E-state index in [4.69, 9.17) is 0 Å². The second-order valence-electron chi connectivity index (χ2n) is 8.16. The fourth-order valence-electron chi connectivity index (χ4n) is 5.22. The van der Waals surface area contributed by atoms with E-state index in [1.165, 1.54) is 64.6 Å². The van der Waals surface area contributed by atoms with Crippen molar-refractivity contribution in [2.45, 2.75) is 0 Å². The first-order chi connectivity index (χ1) is 14.9. The molecule has 0 saturated carbocycles. The van der Waals surface area contributed by atoms with Gasteiger partial charge < -0.3 is 0 Å². The van der Waals surface area contributed by atoms with Gasteiger partial charge in [0.25, 0.3) is 0 Å². The Hall–Kier alpha value is -3.90. The van der Waals surface area contributed by atoms with Gasteiger partial charge in [0.1, 0.15) is 0 Å². The molecule has 0 amide bonds. The quantitative estimate of drug-likeness (QED) is 0.183. The summed E-state index contributed by atoms with van der Waals surface area (Å²) in [4.78, 5) is 0. The summed E-state index contributed by atoms with van der Waals surface area (Å²) in [6, 6.07) is 40.1. The summed E-state index contributed by atoms with van der Waals surface area (Å²) >= 11 is 0. The topological polar surface area (TPSA) is 0 Å². The van der Waals surface area contributed by atoms with Crippen molar-refractivity contribution in [1.29, 1.82) is 0 Å². The van der Waals surface area contributed by atoms with Crippen molar-refractivity contribution in [2.24, 2.45) is 0 Å². The second-order valence-corrected chi connectivity index (χ2v) is 8.16. The third-order valence-corrected chi connectivity index (χ3v) is 6.59. The van der Waals surface area contributed by atoms with Crippen LogP contribution < -0.4 is 0 Å². The van der Waals surface area contributed by atoms with Crippen molar-refractivity contribution in [3.63, 3.8) is 0 Å². The lowest BCUT2D eigenvalue weighted by Crippen LogP contribution is -1.86. The van der Waals surface area contributed by atoms with E-state index >= 15 is 0 Å². The summed E-state index contributed by atoms with van der Waals surface area (Å²) in [5, 5.41) is 15.9. The molecule has 0 spiro atoms. The zero-order valence-electron chi connectivity index (χ0n) is 16.4. The molecule has 0 saturated heterocycles. The first-order valence-electron chi connectivity index (χ1n) is 10.5. The second kappa shape index (κ2) is 5.81. The van der Waals surface area contributed by atoms with E-state index in [1.807, 2.05) is 0 Å². The van der Waals surface area contributed by atoms with Gasteiger partial charge in [-0.05, 0) is 76.8 Å². The molecule has 0 radical (unpaired) electrons. The maximum atomic E-state index is 2.41. The summed E-state index contributed by atoms with van der Waals surface area (Å²) in [7, 11) is 0. The lowest BCUT2D eigenvalue weighted by molar-refractivity contribution is 1.78. The first kappa shape index (κ1) is 16.0. The fourth-order valence-corrected chi connectivity index (χ4v) is 5.22. The van der Waals surface area contributed by atoms with Gasteiger partial charge in [0, 0.05) is 0 Å². The minimum Gasteiger partial charge on any atom is -0.0616 e. The predicted octanol–water partition coefficient (Wildman–Crippen LogP) is 8.61. The highest BCUT2D eigenvalue weighted by Gasteiger charge is 2.12. The zero-order chi connectivity index (χ0) is 19.7. The van der Waals surface area contributed by atoms with Gasteiger partial charge in [-0.3, -0.25) is 0 Å². The molecule has 7 rings (SSSR count). The van der Waals surface area contributed by atoms with E-state index < -0.39 is 0 Å². The van der Waals surface area contributed by atoms with Crippen LogP contribution in [0.4, 0.5) is 0 Å². The van der Waals surface area contributed by atoms with E-state index in [-0.39, 0.29) is 0 Å². The molecule has 7 aromatic carbocycles. The lowest BCUT2D eigenvalue weighted by atomic mass is 9.89. The number of hydrogen-bond acceptors (Lipinski definition) is 0. The van der Waals surface area contributed by atoms with Crippen LogP contribution >= 0.6 is 0 Å². The van der Waals surface area contributed by atoms with Gasteiger partial charge in [-0.2, -0.15) is 0 Å². The number of rotatable bonds is 0. The highest BCUT2D eigenvalue weighted by molar-refractivity contribution is 6.33. The summed E-state index contributed by atoms with van der Waals surface area (Å²) in [5.41, 5.74) is 0. The lowest BCUT2D eigenvalue weighted by Gasteiger charge is -2.14. The SMILES string of the molecule is c1ccc2c(c1)ccc1cc3c4ccccc4c4c5ccccc5ccc4c3cc12. The highest BCUT2D eigenvalue weighted by atomic mass is 14.2. The van der Waals surface area contributed by atoms with E-state index in [9.17, 15) is 0 Å². The molecule has 0 unspecified atom stereocenters. The van der Waals surface area contributed by atoms with Crippen LogP contribution in [0.25, 0.3) is 64.6 Å². The van der Waals surface area contributed by atoms with Crippen molar-refractivity contribution in [3.05, 3.63) is 109 Å². The van der Waals surface area contributed by atoms with Gasteiger partial charge in [-0.15, -0.1) is 0 Å². The molecule has 0 aliphatic heterocycles. The Kier molecular flexibility index (Phi) is 3.09. The van der Waals surface area contributed by atoms with Gasteiger partial charge in [0.05, 0.1) is 0 Å². The van der Waals surface area contributed by atoms with Crippen LogP contribution in [-0.4, -0.2) is 0 Å². The van der Waals surface area contributed by atoms with Crippen molar-refractivity contribution in [2.75, 3.05) is 0 Å². The Labute approximate surface area is 174 Å². The van der Waals surface area contributed by atoms with Crippen molar-refractivity contribution < 1.29 is 0 Å². The summed E-state index contributed by atoms with van der Waals surface area (Å²) in [6.45, 7) is 0. The Morgan fingerprint density at radius 3 is 1.63 bits per heavy atom. The molecule has 0 aliphatic carbocycles. The Balaban J connectivity index is 1.82. The molecule has 7 aromatic rings. The minimum atomic E-state index is 1.29. The highest BCUT2D eigenvalue weighted by Crippen LogP contribution is 2.41. The average molecular weight is 378 g/mol. The van der Waals surface area contributed by atoms with Gasteiger partial charge >= 0.3 is 0 Å². The molecule has 0 fully saturated rings. The van der Waals surface area contributed by atoms with E-state index in [2.05, 4.69) is 109 Å². The molecule has 0 bridgehead atoms. The first-order valence-corrected chi connectivity index (χ1v) is 10.5. The monoisotopic (exact) mass is 378 g/mol. The van der Waals surface area contributed by atoms with Crippen LogP contribution in [0.15, 0.2) is 109 Å². The third-order valence-electron chi connectivity index (χ3n) is 6.59. The summed E-state index contributed by atoms with van der Waals surface area (Å²) < 4.78 is 0. The normalized spacial score (nSPS) is 12.0.